The smallest absolute Gasteiger partial charge is 0.303 e. The third-order valence-corrected chi connectivity index (χ3v) is 3.75. The normalized spacial score (nSPS) is 23.8. The average Bonchev–Trinajstić information content (AvgIpc) is 2.38. The van der Waals surface area contributed by atoms with Crippen LogP contribution in [0.3, 0.4) is 0 Å². The lowest BCUT2D eigenvalue weighted by molar-refractivity contribution is -0.138. The summed E-state index contributed by atoms with van der Waals surface area (Å²) < 4.78 is 0. The van der Waals surface area contributed by atoms with Crippen LogP contribution in [0, 0.1) is 5.92 Å². The molecule has 0 aliphatic heterocycles. The van der Waals surface area contributed by atoms with Crippen molar-refractivity contribution in [2.24, 2.45) is 5.92 Å². The van der Waals surface area contributed by atoms with E-state index in [2.05, 4.69) is 29.6 Å². The SMILES string of the molecule is O=C(O)CC1CCC(NCc2ccccc2)CC1. The van der Waals surface area contributed by atoms with Gasteiger partial charge in [0.25, 0.3) is 0 Å². The Morgan fingerprint density at radius 2 is 1.83 bits per heavy atom. The van der Waals surface area contributed by atoms with Crippen LogP contribution in [0.1, 0.15) is 37.7 Å². The van der Waals surface area contributed by atoms with Gasteiger partial charge in [-0.1, -0.05) is 30.3 Å². The van der Waals surface area contributed by atoms with E-state index in [1.165, 1.54) is 5.56 Å². The first kappa shape index (κ1) is 13.1. The van der Waals surface area contributed by atoms with Crippen molar-refractivity contribution < 1.29 is 9.90 Å². The first-order valence-electron chi connectivity index (χ1n) is 6.73. The van der Waals surface area contributed by atoms with Crippen LogP contribution in [0.4, 0.5) is 0 Å². The summed E-state index contributed by atoms with van der Waals surface area (Å²) in [6.45, 7) is 0.912. The van der Waals surface area contributed by atoms with Crippen LogP contribution in [-0.2, 0) is 11.3 Å². The lowest BCUT2D eigenvalue weighted by Crippen LogP contribution is -2.33. The minimum atomic E-state index is -0.657. The molecule has 0 unspecified atom stereocenters. The molecule has 98 valence electrons. The van der Waals surface area contributed by atoms with Gasteiger partial charge in [0.15, 0.2) is 0 Å². The fourth-order valence-electron chi connectivity index (χ4n) is 2.68. The van der Waals surface area contributed by atoms with Crippen LogP contribution in [0.2, 0.25) is 0 Å². The number of carboxylic acid groups (broad SMARTS) is 1. The number of hydrogen-bond acceptors (Lipinski definition) is 2. The number of hydrogen-bond donors (Lipinski definition) is 2. The molecule has 1 aliphatic rings. The summed E-state index contributed by atoms with van der Waals surface area (Å²) in [5, 5.41) is 12.3. The number of carboxylic acids is 1. The lowest BCUT2D eigenvalue weighted by atomic mass is 9.84. The molecule has 2 rings (SSSR count). The fraction of sp³-hybridized carbons (Fsp3) is 0.533. The van der Waals surface area contributed by atoms with Gasteiger partial charge in [0.05, 0.1) is 0 Å². The Labute approximate surface area is 108 Å². The molecule has 2 N–H and O–H groups in total. The molecule has 0 aromatic heterocycles. The van der Waals surface area contributed by atoms with Crippen LogP contribution in [-0.4, -0.2) is 17.1 Å². The molecular weight excluding hydrogens is 226 g/mol. The maximum atomic E-state index is 10.6. The molecule has 1 aromatic rings. The predicted octanol–water partition coefficient (Wildman–Crippen LogP) is 2.81. The molecule has 0 radical (unpaired) electrons. The zero-order valence-corrected chi connectivity index (χ0v) is 10.6. The molecule has 0 bridgehead atoms. The van der Waals surface area contributed by atoms with Gasteiger partial charge in [-0.3, -0.25) is 4.79 Å². The Hall–Kier alpha value is -1.35. The molecule has 18 heavy (non-hydrogen) atoms. The molecule has 0 heterocycles. The van der Waals surface area contributed by atoms with E-state index in [4.69, 9.17) is 5.11 Å². The third kappa shape index (κ3) is 4.15. The summed E-state index contributed by atoms with van der Waals surface area (Å²) in [4.78, 5) is 10.6. The van der Waals surface area contributed by atoms with E-state index in [-0.39, 0.29) is 0 Å². The van der Waals surface area contributed by atoms with Crippen molar-refractivity contribution in [2.45, 2.75) is 44.7 Å². The lowest BCUT2D eigenvalue weighted by Gasteiger charge is -2.28. The summed E-state index contributed by atoms with van der Waals surface area (Å²) in [5.74, 6) is -0.270. The monoisotopic (exact) mass is 247 g/mol. The van der Waals surface area contributed by atoms with E-state index in [1.54, 1.807) is 0 Å². The highest BCUT2D eigenvalue weighted by molar-refractivity contribution is 5.67. The van der Waals surface area contributed by atoms with Crippen LogP contribution < -0.4 is 5.32 Å². The second kappa shape index (κ2) is 6.55. The molecule has 1 aliphatic carbocycles. The van der Waals surface area contributed by atoms with Crippen molar-refractivity contribution in [1.29, 1.82) is 0 Å². The maximum Gasteiger partial charge on any atom is 0.303 e. The summed E-state index contributed by atoms with van der Waals surface area (Å²) in [7, 11) is 0. The van der Waals surface area contributed by atoms with Gasteiger partial charge in [-0.15, -0.1) is 0 Å². The number of rotatable bonds is 5. The highest BCUT2D eigenvalue weighted by Crippen LogP contribution is 2.26. The minimum Gasteiger partial charge on any atom is -0.481 e. The minimum absolute atomic E-state index is 0.339. The zero-order valence-electron chi connectivity index (χ0n) is 10.6. The van der Waals surface area contributed by atoms with Crippen molar-refractivity contribution in [3.63, 3.8) is 0 Å². The van der Waals surface area contributed by atoms with Crippen LogP contribution in [0.5, 0.6) is 0 Å². The van der Waals surface area contributed by atoms with Gasteiger partial charge in [-0.05, 0) is 37.2 Å². The third-order valence-electron chi connectivity index (χ3n) is 3.75. The molecular formula is C15H21NO2. The summed E-state index contributed by atoms with van der Waals surface area (Å²) in [6.07, 6.45) is 4.62. The zero-order chi connectivity index (χ0) is 12.8. The summed E-state index contributed by atoms with van der Waals surface area (Å²) in [6, 6.07) is 10.9. The molecule has 0 spiro atoms. The number of carbonyl (C=O) groups is 1. The summed E-state index contributed by atoms with van der Waals surface area (Å²) >= 11 is 0. The molecule has 1 fully saturated rings. The average molecular weight is 247 g/mol. The van der Waals surface area contributed by atoms with Crippen molar-refractivity contribution in [1.82, 2.24) is 5.32 Å². The van der Waals surface area contributed by atoms with E-state index >= 15 is 0 Å². The first-order valence-corrected chi connectivity index (χ1v) is 6.73. The van der Waals surface area contributed by atoms with E-state index in [1.807, 2.05) is 6.07 Å². The van der Waals surface area contributed by atoms with E-state index < -0.39 is 5.97 Å². The standard InChI is InChI=1S/C15H21NO2/c17-15(18)10-12-6-8-14(9-7-12)16-11-13-4-2-1-3-5-13/h1-5,12,14,16H,6-11H2,(H,17,18). The Morgan fingerprint density at radius 1 is 1.17 bits per heavy atom. The number of aliphatic carboxylic acids is 1. The van der Waals surface area contributed by atoms with Gasteiger partial charge < -0.3 is 10.4 Å². The Kier molecular flexibility index (Phi) is 4.76. The van der Waals surface area contributed by atoms with Gasteiger partial charge in [-0.2, -0.15) is 0 Å². The second-order valence-corrected chi connectivity index (χ2v) is 5.18. The molecule has 0 atom stereocenters. The highest BCUT2D eigenvalue weighted by Gasteiger charge is 2.22. The molecule has 1 aromatic carbocycles. The Balaban J connectivity index is 1.69. The maximum absolute atomic E-state index is 10.6. The molecule has 0 saturated heterocycles. The largest absolute Gasteiger partial charge is 0.481 e. The van der Waals surface area contributed by atoms with Gasteiger partial charge in [0, 0.05) is 19.0 Å². The van der Waals surface area contributed by atoms with E-state index in [0.717, 1.165) is 32.2 Å². The van der Waals surface area contributed by atoms with Crippen molar-refractivity contribution in [2.75, 3.05) is 0 Å². The molecule has 3 heteroatoms. The number of nitrogens with one attached hydrogen (secondary N) is 1. The van der Waals surface area contributed by atoms with Crippen molar-refractivity contribution in [3.05, 3.63) is 35.9 Å². The van der Waals surface area contributed by atoms with E-state index in [9.17, 15) is 4.79 Å². The first-order chi connectivity index (χ1) is 8.74. The van der Waals surface area contributed by atoms with Gasteiger partial charge in [0.1, 0.15) is 0 Å². The van der Waals surface area contributed by atoms with Crippen molar-refractivity contribution >= 4 is 5.97 Å². The molecule has 0 amide bonds. The predicted molar refractivity (Wildman–Crippen MR) is 71.3 cm³/mol. The topological polar surface area (TPSA) is 49.3 Å². The molecule has 3 nitrogen and oxygen atoms in total. The quantitative estimate of drug-likeness (QED) is 0.841. The van der Waals surface area contributed by atoms with Crippen LogP contribution >= 0.6 is 0 Å². The van der Waals surface area contributed by atoms with Crippen LogP contribution in [0.15, 0.2) is 30.3 Å². The van der Waals surface area contributed by atoms with Gasteiger partial charge in [0.2, 0.25) is 0 Å². The van der Waals surface area contributed by atoms with Crippen LogP contribution in [0.25, 0.3) is 0 Å². The second-order valence-electron chi connectivity index (χ2n) is 5.18. The molecule has 1 saturated carbocycles. The van der Waals surface area contributed by atoms with Gasteiger partial charge in [-0.25, -0.2) is 0 Å². The Bertz CT molecular complexity index is 369. The van der Waals surface area contributed by atoms with Crippen molar-refractivity contribution in [3.8, 4) is 0 Å². The fourth-order valence-corrected chi connectivity index (χ4v) is 2.68. The highest BCUT2D eigenvalue weighted by atomic mass is 16.4. The van der Waals surface area contributed by atoms with Gasteiger partial charge >= 0.3 is 5.97 Å². The van der Waals surface area contributed by atoms with E-state index in [0.29, 0.717) is 18.4 Å². The Morgan fingerprint density at radius 3 is 2.44 bits per heavy atom. The summed E-state index contributed by atoms with van der Waals surface area (Å²) in [5.41, 5.74) is 1.31. The number of benzene rings is 1.